The summed E-state index contributed by atoms with van der Waals surface area (Å²) in [7, 11) is 0. The first-order valence-corrected chi connectivity index (χ1v) is 7.20. The third-order valence-corrected chi connectivity index (χ3v) is 3.18. The van der Waals surface area contributed by atoms with Crippen molar-refractivity contribution in [3.63, 3.8) is 0 Å². The van der Waals surface area contributed by atoms with Crippen molar-refractivity contribution in [3.05, 3.63) is 23.7 Å². The van der Waals surface area contributed by atoms with Gasteiger partial charge in [0.15, 0.2) is 5.65 Å². The minimum atomic E-state index is -0.275. The van der Waals surface area contributed by atoms with Crippen LogP contribution in [0.1, 0.15) is 37.0 Å². The number of rotatable bonds is 5. The Morgan fingerprint density at radius 1 is 1.55 bits per heavy atom. The van der Waals surface area contributed by atoms with Crippen LogP contribution < -0.4 is 5.32 Å². The number of carbonyl (C=O) groups excluding carboxylic acids is 1. The molecule has 2 heterocycles. The summed E-state index contributed by atoms with van der Waals surface area (Å²) in [5, 5.41) is 2.58. The molecule has 0 bridgehead atoms. The Labute approximate surface area is 123 Å². The van der Waals surface area contributed by atoms with Gasteiger partial charge in [-0.05, 0) is 31.9 Å². The van der Waals surface area contributed by atoms with E-state index in [0.717, 1.165) is 17.5 Å². The molecule has 2 aromatic rings. The van der Waals surface area contributed by atoms with E-state index < -0.39 is 0 Å². The number of aryl methyl sites for hydroxylation is 1. The van der Waals surface area contributed by atoms with Crippen molar-refractivity contribution >= 4 is 28.7 Å². The number of imidazole rings is 1. The van der Waals surface area contributed by atoms with Crippen LogP contribution >= 0.6 is 11.6 Å². The smallest absolute Gasteiger partial charge is 0.240 e. The number of amides is 1. The van der Waals surface area contributed by atoms with Gasteiger partial charge in [-0.25, -0.2) is 9.97 Å². The lowest BCUT2D eigenvalue weighted by Gasteiger charge is -2.10. The normalized spacial score (nSPS) is 12.6. The zero-order chi connectivity index (χ0) is 14.7. The van der Waals surface area contributed by atoms with E-state index in [1.807, 2.05) is 26.8 Å². The fourth-order valence-electron chi connectivity index (χ4n) is 2.05. The minimum absolute atomic E-state index is 0.0490. The average molecular weight is 295 g/mol. The van der Waals surface area contributed by atoms with E-state index in [1.165, 1.54) is 0 Å². The molecule has 0 fully saturated rings. The molecule has 0 radical (unpaired) electrons. The highest BCUT2D eigenvalue weighted by Gasteiger charge is 2.17. The zero-order valence-corrected chi connectivity index (χ0v) is 12.7. The van der Waals surface area contributed by atoms with Crippen LogP contribution in [0.25, 0.3) is 11.2 Å². The Morgan fingerprint density at radius 3 is 2.95 bits per heavy atom. The first-order chi connectivity index (χ1) is 9.52. The molecule has 0 aromatic carbocycles. The van der Waals surface area contributed by atoms with E-state index >= 15 is 0 Å². The molecule has 2 rings (SSSR count). The molecule has 1 N–H and O–H groups in total. The summed E-state index contributed by atoms with van der Waals surface area (Å²) in [6.07, 6.45) is 2.68. The highest BCUT2D eigenvalue weighted by atomic mass is 35.5. The topological polar surface area (TPSA) is 59.8 Å². The van der Waals surface area contributed by atoms with Gasteiger partial charge in [0.2, 0.25) is 5.91 Å². The molecule has 0 saturated carbocycles. The molecule has 0 saturated heterocycles. The molecule has 1 amide bonds. The third kappa shape index (κ3) is 3.10. The van der Waals surface area contributed by atoms with Crippen molar-refractivity contribution in [3.8, 4) is 0 Å². The zero-order valence-electron chi connectivity index (χ0n) is 12.0. The van der Waals surface area contributed by atoms with Crippen molar-refractivity contribution in [2.75, 3.05) is 6.54 Å². The largest absolute Gasteiger partial charge is 0.355 e. The summed E-state index contributed by atoms with van der Waals surface area (Å²) >= 11 is 6.16. The highest BCUT2D eigenvalue weighted by Crippen LogP contribution is 2.23. The summed E-state index contributed by atoms with van der Waals surface area (Å²) in [5.74, 6) is 0.624. The summed E-state index contributed by atoms with van der Waals surface area (Å²) < 4.78 is 1.79. The number of fused-ring (bicyclic) bond motifs is 1. The van der Waals surface area contributed by atoms with Crippen LogP contribution in [-0.2, 0) is 11.3 Å². The molecule has 1 unspecified atom stereocenters. The van der Waals surface area contributed by atoms with E-state index in [-0.39, 0.29) is 17.8 Å². The molecule has 0 aliphatic rings. The van der Waals surface area contributed by atoms with Gasteiger partial charge in [0, 0.05) is 12.7 Å². The van der Waals surface area contributed by atoms with E-state index in [2.05, 4.69) is 15.3 Å². The van der Waals surface area contributed by atoms with Gasteiger partial charge in [0.05, 0.1) is 5.38 Å². The predicted molar refractivity (Wildman–Crippen MR) is 79.8 cm³/mol. The lowest BCUT2D eigenvalue weighted by Crippen LogP contribution is -2.28. The van der Waals surface area contributed by atoms with E-state index in [4.69, 9.17) is 11.6 Å². The van der Waals surface area contributed by atoms with E-state index in [9.17, 15) is 4.79 Å². The molecule has 6 heteroatoms. The summed E-state index contributed by atoms with van der Waals surface area (Å²) in [4.78, 5) is 20.8. The van der Waals surface area contributed by atoms with Crippen molar-refractivity contribution < 1.29 is 4.79 Å². The maximum absolute atomic E-state index is 11.9. The van der Waals surface area contributed by atoms with Crippen LogP contribution in [0.3, 0.4) is 0 Å². The Kier molecular flexibility index (Phi) is 4.60. The van der Waals surface area contributed by atoms with Crippen molar-refractivity contribution in [1.29, 1.82) is 0 Å². The molecular weight excluding hydrogens is 276 g/mol. The molecule has 2 aromatic heterocycles. The standard InChI is InChI=1S/C14H19ClN4O/c1-4-5-16-12(20)8-19-13(10(3)15)18-11-6-9(2)7-17-14(11)19/h6-7,10H,4-5,8H2,1-3H3,(H,16,20). The molecule has 20 heavy (non-hydrogen) atoms. The van der Waals surface area contributed by atoms with Gasteiger partial charge in [0.1, 0.15) is 17.9 Å². The maximum atomic E-state index is 11.9. The molecule has 108 valence electrons. The second kappa shape index (κ2) is 6.22. The molecule has 0 spiro atoms. The van der Waals surface area contributed by atoms with Gasteiger partial charge < -0.3 is 9.88 Å². The van der Waals surface area contributed by atoms with Crippen LogP contribution in [0.15, 0.2) is 12.3 Å². The quantitative estimate of drug-likeness (QED) is 0.862. The Morgan fingerprint density at radius 2 is 2.30 bits per heavy atom. The second-order valence-corrected chi connectivity index (χ2v) is 5.53. The second-order valence-electron chi connectivity index (χ2n) is 4.88. The van der Waals surface area contributed by atoms with Crippen LogP contribution in [0.2, 0.25) is 0 Å². The third-order valence-electron chi connectivity index (χ3n) is 2.98. The fourth-order valence-corrected chi connectivity index (χ4v) is 2.22. The molecule has 0 aliphatic heterocycles. The first-order valence-electron chi connectivity index (χ1n) is 6.76. The highest BCUT2D eigenvalue weighted by molar-refractivity contribution is 6.20. The van der Waals surface area contributed by atoms with Crippen LogP contribution in [0.5, 0.6) is 0 Å². The summed E-state index contributed by atoms with van der Waals surface area (Å²) in [6, 6.07) is 1.95. The Bertz CT molecular complexity index is 621. The van der Waals surface area contributed by atoms with Crippen LogP contribution in [0, 0.1) is 6.92 Å². The van der Waals surface area contributed by atoms with E-state index in [1.54, 1.807) is 10.8 Å². The fraction of sp³-hybridized carbons (Fsp3) is 0.500. The monoisotopic (exact) mass is 294 g/mol. The number of hydrogen-bond acceptors (Lipinski definition) is 3. The van der Waals surface area contributed by atoms with Crippen LogP contribution in [0.4, 0.5) is 0 Å². The molecule has 1 atom stereocenters. The minimum Gasteiger partial charge on any atom is -0.355 e. The number of nitrogens with zero attached hydrogens (tertiary/aromatic N) is 3. The van der Waals surface area contributed by atoms with Crippen molar-refractivity contribution in [2.45, 2.75) is 39.1 Å². The van der Waals surface area contributed by atoms with Crippen molar-refractivity contribution in [2.24, 2.45) is 0 Å². The summed E-state index contributed by atoms with van der Waals surface area (Å²) in [6.45, 7) is 6.69. The van der Waals surface area contributed by atoms with Gasteiger partial charge in [-0.2, -0.15) is 0 Å². The number of nitrogens with one attached hydrogen (secondary N) is 1. The van der Waals surface area contributed by atoms with E-state index in [0.29, 0.717) is 18.0 Å². The lowest BCUT2D eigenvalue weighted by atomic mass is 10.3. The molecular formula is C14H19ClN4O. The van der Waals surface area contributed by atoms with Gasteiger partial charge in [-0.15, -0.1) is 11.6 Å². The van der Waals surface area contributed by atoms with Crippen LogP contribution in [-0.4, -0.2) is 27.0 Å². The average Bonchev–Trinajstić information content (AvgIpc) is 2.74. The van der Waals surface area contributed by atoms with Gasteiger partial charge in [-0.3, -0.25) is 4.79 Å². The number of carbonyl (C=O) groups is 1. The maximum Gasteiger partial charge on any atom is 0.240 e. The van der Waals surface area contributed by atoms with Gasteiger partial charge >= 0.3 is 0 Å². The lowest BCUT2D eigenvalue weighted by molar-refractivity contribution is -0.121. The summed E-state index contributed by atoms with van der Waals surface area (Å²) in [5.41, 5.74) is 2.51. The molecule has 0 aliphatic carbocycles. The Hall–Kier alpha value is -1.62. The molecule has 5 nitrogen and oxygen atoms in total. The Balaban J connectivity index is 2.38. The number of pyridine rings is 1. The first kappa shape index (κ1) is 14.8. The number of aromatic nitrogens is 3. The number of alkyl halides is 1. The SMILES string of the molecule is CCCNC(=O)Cn1c(C(C)Cl)nc2cc(C)cnc21. The number of halogens is 1. The van der Waals surface area contributed by atoms with Crippen molar-refractivity contribution in [1.82, 2.24) is 19.9 Å². The predicted octanol–water partition coefficient (Wildman–Crippen LogP) is 2.57. The van der Waals surface area contributed by atoms with Gasteiger partial charge in [-0.1, -0.05) is 6.92 Å². The number of hydrogen-bond donors (Lipinski definition) is 1. The van der Waals surface area contributed by atoms with Gasteiger partial charge in [0.25, 0.3) is 0 Å².